The fraction of sp³-hybridized carbons (Fsp3) is 0.296. The summed E-state index contributed by atoms with van der Waals surface area (Å²) in [6, 6.07) is 10.8. The number of hydrogen-bond donors (Lipinski definition) is 1. The molecular weight excluding hydrogens is 458 g/mol. The maximum absolute atomic E-state index is 13.7. The van der Waals surface area contributed by atoms with Crippen molar-refractivity contribution in [3.8, 4) is 23.1 Å². The summed E-state index contributed by atoms with van der Waals surface area (Å²) in [6.07, 6.45) is 5.91. The van der Waals surface area contributed by atoms with E-state index in [0.29, 0.717) is 23.6 Å². The molecule has 4 aromatic rings. The third-order valence-corrected chi connectivity index (χ3v) is 6.01. The van der Waals surface area contributed by atoms with Gasteiger partial charge in [0.2, 0.25) is 11.8 Å². The first kappa shape index (κ1) is 24.8. The highest BCUT2D eigenvalue weighted by Crippen LogP contribution is 2.29. The van der Waals surface area contributed by atoms with E-state index in [1.54, 1.807) is 24.1 Å². The maximum atomic E-state index is 13.7. The molecule has 0 aliphatic rings. The minimum atomic E-state index is -0.455. The predicted molar refractivity (Wildman–Crippen MR) is 136 cm³/mol. The number of unbranched alkanes of at least 4 members (excludes halogenated alkanes) is 1. The fourth-order valence-corrected chi connectivity index (χ4v) is 4.08. The molecule has 1 N–H and O–H groups in total. The average Bonchev–Trinajstić information content (AvgIpc) is 3.35. The van der Waals surface area contributed by atoms with Gasteiger partial charge in [-0.1, -0.05) is 44.2 Å². The van der Waals surface area contributed by atoms with Gasteiger partial charge in [-0.2, -0.15) is 4.98 Å². The Hall–Kier alpha value is -4.27. The van der Waals surface area contributed by atoms with E-state index in [-0.39, 0.29) is 29.8 Å². The molecule has 186 valence electrons. The van der Waals surface area contributed by atoms with Gasteiger partial charge in [0, 0.05) is 24.4 Å². The molecule has 9 heteroatoms. The number of pyridine rings is 1. The van der Waals surface area contributed by atoms with E-state index >= 15 is 0 Å². The molecule has 1 atom stereocenters. The number of allylic oxidation sites excluding steroid dienone is 1. The summed E-state index contributed by atoms with van der Waals surface area (Å²) < 4.78 is 12.8. The largest absolute Gasteiger partial charge is 0.496 e. The number of hydrogen-bond acceptors (Lipinski definition) is 8. The van der Waals surface area contributed by atoms with Crippen LogP contribution >= 0.6 is 0 Å². The van der Waals surface area contributed by atoms with Crippen molar-refractivity contribution >= 4 is 5.57 Å². The van der Waals surface area contributed by atoms with Gasteiger partial charge in [0.25, 0.3) is 11.4 Å². The van der Waals surface area contributed by atoms with Gasteiger partial charge in [-0.05, 0) is 36.6 Å². The molecular formula is C27H29N5O4. The van der Waals surface area contributed by atoms with E-state index in [0.717, 1.165) is 24.0 Å². The Morgan fingerprint density at radius 1 is 1.22 bits per heavy atom. The molecule has 36 heavy (non-hydrogen) atoms. The summed E-state index contributed by atoms with van der Waals surface area (Å²) in [5.41, 5.74) is 1.78. The average molecular weight is 488 g/mol. The number of aryl methyl sites for hydroxylation is 1. The lowest BCUT2D eigenvalue weighted by molar-refractivity contribution is 0.413. The number of aromatic nitrogens is 5. The molecule has 0 aliphatic carbocycles. The summed E-state index contributed by atoms with van der Waals surface area (Å²) in [7, 11) is 1.59. The summed E-state index contributed by atoms with van der Waals surface area (Å²) in [5.74, 6) is 0.894. The Kier molecular flexibility index (Phi) is 7.58. The summed E-state index contributed by atoms with van der Waals surface area (Å²) in [4.78, 5) is 22.3. The van der Waals surface area contributed by atoms with Crippen LogP contribution in [0.15, 0.2) is 64.6 Å². The van der Waals surface area contributed by atoms with Crippen LogP contribution in [-0.2, 0) is 12.8 Å². The van der Waals surface area contributed by atoms with Crippen LogP contribution in [0.3, 0.4) is 0 Å². The zero-order valence-corrected chi connectivity index (χ0v) is 20.6. The third kappa shape index (κ3) is 5.05. The molecule has 9 nitrogen and oxygen atoms in total. The highest BCUT2D eigenvalue weighted by Gasteiger charge is 2.25. The van der Waals surface area contributed by atoms with Crippen molar-refractivity contribution in [1.29, 1.82) is 0 Å². The lowest BCUT2D eigenvalue weighted by atomic mass is 10.0. The zero-order valence-electron chi connectivity index (χ0n) is 20.6. The highest BCUT2D eigenvalue weighted by atomic mass is 16.5. The van der Waals surface area contributed by atoms with Crippen LogP contribution in [0.25, 0.3) is 17.0 Å². The van der Waals surface area contributed by atoms with Gasteiger partial charge in [0.05, 0.1) is 19.6 Å². The number of methoxy groups -OCH3 is 1. The Morgan fingerprint density at radius 3 is 2.75 bits per heavy atom. The minimum absolute atomic E-state index is 0.0954. The Bertz CT molecular complexity index is 1410. The molecule has 1 aromatic carbocycles. The van der Waals surface area contributed by atoms with Crippen molar-refractivity contribution < 1.29 is 14.3 Å². The normalized spacial score (nSPS) is 11.9. The van der Waals surface area contributed by atoms with Gasteiger partial charge in [-0.25, -0.2) is 0 Å². The first-order valence-electron chi connectivity index (χ1n) is 11.8. The molecule has 0 bridgehead atoms. The standard InChI is InChI=1S/C27H29N5O4/c1-5-6-13-22-29-25(33)24(27(34)32(22)18(3)19-10-9-14-28-16-19)26-31-30-23(36-26)15-17(2)20-11-7-8-12-21(20)35-4/h7-12,14,16,18,33H,2,5-6,13,15H2,1,3-4H3. The second-order valence-electron chi connectivity index (χ2n) is 8.45. The van der Waals surface area contributed by atoms with Crippen LogP contribution in [0.4, 0.5) is 0 Å². The number of aromatic hydroxyl groups is 1. The van der Waals surface area contributed by atoms with Crippen LogP contribution in [-0.4, -0.2) is 36.9 Å². The van der Waals surface area contributed by atoms with Gasteiger partial charge in [0.1, 0.15) is 11.6 Å². The van der Waals surface area contributed by atoms with Crippen molar-refractivity contribution in [3.63, 3.8) is 0 Å². The molecule has 0 spiro atoms. The third-order valence-electron chi connectivity index (χ3n) is 6.01. The maximum Gasteiger partial charge on any atom is 0.270 e. The molecule has 0 amide bonds. The molecule has 3 aromatic heterocycles. The quantitative estimate of drug-likeness (QED) is 0.345. The van der Waals surface area contributed by atoms with E-state index in [2.05, 4.69) is 33.7 Å². The SMILES string of the molecule is C=C(Cc1nnc(-c2c(O)nc(CCCC)n(C(C)c3cccnc3)c2=O)o1)c1ccccc1OC. The van der Waals surface area contributed by atoms with E-state index in [1.807, 2.05) is 43.3 Å². The van der Waals surface area contributed by atoms with Crippen molar-refractivity contribution in [2.45, 2.75) is 45.6 Å². The molecule has 0 aliphatic heterocycles. The first-order valence-corrected chi connectivity index (χ1v) is 11.8. The number of rotatable bonds is 10. The van der Waals surface area contributed by atoms with Gasteiger partial charge < -0.3 is 14.3 Å². The molecule has 4 rings (SSSR count). The minimum Gasteiger partial charge on any atom is -0.496 e. The van der Waals surface area contributed by atoms with Crippen molar-refractivity contribution in [2.75, 3.05) is 7.11 Å². The van der Waals surface area contributed by atoms with Crippen LogP contribution in [0, 0.1) is 0 Å². The molecule has 0 saturated heterocycles. The van der Waals surface area contributed by atoms with E-state index in [9.17, 15) is 9.90 Å². The summed E-state index contributed by atoms with van der Waals surface area (Å²) >= 11 is 0. The summed E-state index contributed by atoms with van der Waals surface area (Å²) in [5, 5.41) is 18.9. The van der Waals surface area contributed by atoms with E-state index < -0.39 is 11.4 Å². The van der Waals surface area contributed by atoms with Crippen LogP contribution < -0.4 is 10.3 Å². The van der Waals surface area contributed by atoms with Crippen LogP contribution in [0.2, 0.25) is 0 Å². The smallest absolute Gasteiger partial charge is 0.270 e. The fourth-order valence-electron chi connectivity index (χ4n) is 4.08. The number of para-hydroxylation sites is 1. The number of nitrogens with zero attached hydrogens (tertiary/aromatic N) is 5. The molecule has 1 unspecified atom stereocenters. The summed E-state index contributed by atoms with van der Waals surface area (Å²) in [6.45, 7) is 8.07. The Morgan fingerprint density at radius 2 is 2.03 bits per heavy atom. The first-order chi connectivity index (χ1) is 17.4. The topological polar surface area (TPSA) is 116 Å². The van der Waals surface area contributed by atoms with Gasteiger partial charge >= 0.3 is 0 Å². The lowest BCUT2D eigenvalue weighted by Crippen LogP contribution is -2.30. The molecule has 0 fully saturated rings. The van der Waals surface area contributed by atoms with E-state index in [1.165, 1.54) is 0 Å². The predicted octanol–water partition coefficient (Wildman–Crippen LogP) is 4.61. The second-order valence-corrected chi connectivity index (χ2v) is 8.45. The second kappa shape index (κ2) is 11.0. The van der Waals surface area contributed by atoms with E-state index in [4.69, 9.17) is 9.15 Å². The van der Waals surface area contributed by atoms with Crippen molar-refractivity contribution in [2.24, 2.45) is 0 Å². The highest BCUT2D eigenvalue weighted by molar-refractivity contribution is 5.70. The molecule has 0 saturated carbocycles. The number of ether oxygens (including phenoxy) is 1. The molecule has 3 heterocycles. The van der Waals surface area contributed by atoms with Gasteiger partial charge in [0.15, 0.2) is 5.56 Å². The Balaban J connectivity index is 1.72. The molecule has 0 radical (unpaired) electrons. The van der Waals surface area contributed by atoms with Gasteiger partial charge in [-0.15, -0.1) is 10.2 Å². The number of benzene rings is 1. The monoisotopic (exact) mass is 487 g/mol. The van der Waals surface area contributed by atoms with Crippen molar-refractivity contribution in [3.05, 3.63) is 88.6 Å². The van der Waals surface area contributed by atoms with Crippen molar-refractivity contribution in [1.82, 2.24) is 24.7 Å². The zero-order chi connectivity index (χ0) is 25.7. The Labute approximate surface area is 209 Å². The lowest BCUT2D eigenvalue weighted by Gasteiger charge is -2.20. The van der Waals surface area contributed by atoms with Crippen LogP contribution in [0.5, 0.6) is 11.6 Å². The van der Waals surface area contributed by atoms with Gasteiger partial charge in [-0.3, -0.25) is 14.3 Å². The van der Waals surface area contributed by atoms with Crippen LogP contribution in [0.1, 0.15) is 55.6 Å².